The molecule has 0 saturated carbocycles. The molecule has 0 atom stereocenters. The van der Waals surface area contributed by atoms with Crippen LogP contribution < -0.4 is 15.5 Å². The van der Waals surface area contributed by atoms with Crippen LogP contribution in [0.3, 0.4) is 0 Å². The number of nitrogens with zero attached hydrogens (tertiary/aromatic N) is 3. The Kier molecular flexibility index (Phi) is 6.34. The molecule has 1 saturated heterocycles. The average Bonchev–Trinajstić information content (AvgIpc) is 2.77. The number of rotatable bonds is 5. The molecular formula is C27H33N5. The van der Waals surface area contributed by atoms with Gasteiger partial charge in [0.05, 0.1) is 11.2 Å². The van der Waals surface area contributed by atoms with Gasteiger partial charge in [-0.25, -0.2) is 4.98 Å². The zero-order valence-electron chi connectivity index (χ0n) is 19.6. The molecule has 0 radical (unpaired) electrons. The summed E-state index contributed by atoms with van der Waals surface area (Å²) in [6.07, 6.45) is 2.12. The lowest BCUT2D eigenvalue weighted by molar-refractivity contribution is 0.317. The Bertz CT molecular complexity index is 1130. The second kappa shape index (κ2) is 9.18. The van der Waals surface area contributed by atoms with Crippen LogP contribution in [-0.2, 0) is 6.54 Å². The number of nitriles is 1. The Labute approximate surface area is 191 Å². The van der Waals surface area contributed by atoms with E-state index in [0.29, 0.717) is 24.0 Å². The minimum Gasteiger partial charge on any atom is -0.370 e. The topological polar surface area (TPSA) is 64.0 Å². The van der Waals surface area contributed by atoms with Gasteiger partial charge in [0.25, 0.3) is 0 Å². The van der Waals surface area contributed by atoms with Crippen LogP contribution in [0, 0.1) is 18.3 Å². The smallest absolute Gasteiger partial charge is 0.147 e. The van der Waals surface area contributed by atoms with E-state index in [-0.39, 0.29) is 5.54 Å². The molecular weight excluding hydrogens is 394 g/mol. The fraction of sp³-hybridized carbons (Fsp3) is 0.407. The molecule has 4 rings (SSSR count). The Hall–Kier alpha value is -3.10. The zero-order chi connectivity index (χ0) is 22.7. The van der Waals surface area contributed by atoms with Crippen LogP contribution >= 0.6 is 0 Å². The molecule has 1 aromatic heterocycles. The lowest BCUT2D eigenvalue weighted by Gasteiger charge is -2.38. The second-order valence-electron chi connectivity index (χ2n) is 9.75. The van der Waals surface area contributed by atoms with Crippen LogP contribution in [0.1, 0.15) is 50.3 Å². The van der Waals surface area contributed by atoms with Crippen LogP contribution in [0.25, 0.3) is 10.9 Å². The standard InChI is InChI=1S/C27H33N5/c1-19-9-5-6-10-20(19)18-29-26-23(17-28)25(22-11-7-8-12-24(22)30-26)32-15-13-21(14-16-32)31-27(2,3)4/h5-12,21,31H,13-16,18H2,1-4H3,(H,29,30). The van der Waals surface area contributed by atoms with Crippen LogP contribution in [0.15, 0.2) is 48.5 Å². The summed E-state index contributed by atoms with van der Waals surface area (Å²) >= 11 is 0. The maximum Gasteiger partial charge on any atom is 0.147 e. The first-order valence-corrected chi connectivity index (χ1v) is 11.5. The van der Waals surface area contributed by atoms with Crippen molar-refractivity contribution in [2.45, 2.75) is 58.7 Å². The van der Waals surface area contributed by atoms with Gasteiger partial charge < -0.3 is 15.5 Å². The minimum absolute atomic E-state index is 0.112. The fourth-order valence-corrected chi connectivity index (χ4v) is 4.60. The predicted octanol–water partition coefficient (Wildman–Crippen LogP) is 5.38. The van der Waals surface area contributed by atoms with E-state index in [2.05, 4.69) is 67.5 Å². The molecule has 1 fully saturated rings. The van der Waals surface area contributed by atoms with Gasteiger partial charge in [-0.15, -0.1) is 0 Å². The number of aromatic nitrogens is 1. The molecule has 0 aliphatic carbocycles. The van der Waals surface area contributed by atoms with E-state index in [1.165, 1.54) is 11.1 Å². The summed E-state index contributed by atoms with van der Waals surface area (Å²) in [7, 11) is 0. The van der Waals surface area contributed by atoms with Crippen LogP contribution in [0.5, 0.6) is 0 Å². The summed E-state index contributed by atoms with van der Waals surface area (Å²) < 4.78 is 0. The van der Waals surface area contributed by atoms with E-state index in [0.717, 1.165) is 42.5 Å². The molecule has 2 heterocycles. The van der Waals surface area contributed by atoms with E-state index in [4.69, 9.17) is 4.98 Å². The lowest BCUT2D eigenvalue weighted by atomic mass is 9.98. The quantitative estimate of drug-likeness (QED) is 0.572. The number of fused-ring (bicyclic) bond motifs is 1. The number of para-hydroxylation sites is 1. The van der Waals surface area contributed by atoms with Crippen molar-refractivity contribution >= 4 is 22.4 Å². The molecule has 0 spiro atoms. The van der Waals surface area contributed by atoms with E-state index >= 15 is 0 Å². The van der Waals surface area contributed by atoms with E-state index in [1.54, 1.807) is 0 Å². The summed E-state index contributed by atoms with van der Waals surface area (Å²) in [6, 6.07) is 19.5. The van der Waals surface area contributed by atoms with Crippen LogP contribution in [-0.4, -0.2) is 29.7 Å². The minimum atomic E-state index is 0.112. The molecule has 166 valence electrons. The zero-order valence-corrected chi connectivity index (χ0v) is 19.6. The molecule has 0 unspecified atom stereocenters. The van der Waals surface area contributed by atoms with Gasteiger partial charge in [-0.2, -0.15) is 5.26 Å². The van der Waals surface area contributed by atoms with E-state index < -0.39 is 0 Å². The lowest BCUT2D eigenvalue weighted by Crippen LogP contribution is -2.49. The predicted molar refractivity (Wildman–Crippen MR) is 133 cm³/mol. The van der Waals surface area contributed by atoms with Gasteiger partial charge in [0.15, 0.2) is 0 Å². The van der Waals surface area contributed by atoms with Gasteiger partial charge >= 0.3 is 0 Å². The highest BCUT2D eigenvalue weighted by molar-refractivity contribution is 5.97. The van der Waals surface area contributed by atoms with Crippen molar-refractivity contribution in [3.05, 3.63) is 65.2 Å². The monoisotopic (exact) mass is 427 g/mol. The molecule has 0 bridgehead atoms. The molecule has 5 nitrogen and oxygen atoms in total. The molecule has 2 N–H and O–H groups in total. The Morgan fingerprint density at radius 1 is 1.06 bits per heavy atom. The van der Waals surface area contributed by atoms with Gasteiger partial charge in [-0.1, -0.05) is 42.5 Å². The normalized spacial score (nSPS) is 15.0. The average molecular weight is 428 g/mol. The van der Waals surface area contributed by atoms with Crippen molar-refractivity contribution in [2.75, 3.05) is 23.3 Å². The van der Waals surface area contributed by atoms with Crippen molar-refractivity contribution in [2.24, 2.45) is 0 Å². The summed E-state index contributed by atoms with van der Waals surface area (Å²) in [4.78, 5) is 7.21. The first-order chi connectivity index (χ1) is 15.4. The number of nitrogens with one attached hydrogen (secondary N) is 2. The fourth-order valence-electron chi connectivity index (χ4n) is 4.60. The molecule has 5 heteroatoms. The number of anilines is 2. The van der Waals surface area contributed by atoms with Gasteiger partial charge in [-0.05, 0) is 57.7 Å². The number of hydrogen-bond donors (Lipinski definition) is 2. The summed E-state index contributed by atoms with van der Waals surface area (Å²) in [5.41, 5.74) is 5.12. The molecule has 2 aromatic carbocycles. The highest BCUT2D eigenvalue weighted by Crippen LogP contribution is 2.35. The Balaban J connectivity index is 1.66. The van der Waals surface area contributed by atoms with Crippen molar-refractivity contribution in [1.29, 1.82) is 5.26 Å². The van der Waals surface area contributed by atoms with Crippen molar-refractivity contribution in [3.8, 4) is 6.07 Å². The Morgan fingerprint density at radius 2 is 1.75 bits per heavy atom. The van der Waals surface area contributed by atoms with Crippen molar-refractivity contribution in [3.63, 3.8) is 0 Å². The third-order valence-corrected chi connectivity index (χ3v) is 6.13. The number of piperidine rings is 1. The maximum absolute atomic E-state index is 10.2. The summed E-state index contributed by atoms with van der Waals surface area (Å²) in [5.74, 6) is 0.666. The third kappa shape index (κ3) is 4.87. The van der Waals surface area contributed by atoms with Crippen LogP contribution in [0.2, 0.25) is 0 Å². The Morgan fingerprint density at radius 3 is 2.44 bits per heavy atom. The van der Waals surface area contributed by atoms with Crippen molar-refractivity contribution < 1.29 is 0 Å². The van der Waals surface area contributed by atoms with Crippen molar-refractivity contribution in [1.82, 2.24) is 10.3 Å². The van der Waals surface area contributed by atoms with E-state index in [9.17, 15) is 5.26 Å². The molecule has 1 aliphatic heterocycles. The van der Waals surface area contributed by atoms with E-state index in [1.807, 2.05) is 30.3 Å². The van der Waals surface area contributed by atoms with Gasteiger partial charge in [0.2, 0.25) is 0 Å². The van der Waals surface area contributed by atoms with Gasteiger partial charge in [0, 0.05) is 36.6 Å². The number of pyridine rings is 1. The maximum atomic E-state index is 10.2. The first kappa shape index (κ1) is 22.1. The first-order valence-electron chi connectivity index (χ1n) is 11.5. The third-order valence-electron chi connectivity index (χ3n) is 6.13. The number of hydrogen-bond acceptors (Lipinski definition) is 5. The second-order valence-corrected chi connectivity index (χ2v) is 9.75. The number of benzene rings is 2. The molecule has 32 heavy (non-hydrogen) atoms. The van der Waals surface area contributed by atoms with Gasteiger partial charge in [-0.3, -0.25) is 0 Å². The SMILES string of the molecule is Cc1ccccc1CNc1nc2ccccc2c(N2CCC(NC(C)(C)C)CC2)c1C#N. The van der Waals surface area contributed by atoms with Gasteiger partial charge in [0.1, 0.15) is 17.5 Å². The molecule has 1 aliphatic rings. The molecule has 0 amide bonds. The van der Waals surface area contributed by atoms with Crippen LogP contribution in [0.4, 0.5) is 11.5 Å². The molecule has 3 aromatic rings. The summed E-state index contributed by atoms with van der Waals surface area (Å²) in [6.45, 7) is 11.3. The largest absolute Gasteiger partial charge is 0.370 e. The number of aryl methyl sites for hydroxylation is 1. The summed E-state index contributed by atoms with van der Waals surface area (Å²) in [5, 5.41) is 18.4. The highest BCUT2D eigenvalue weighted by atomic mass is 15.2. The highest BCUT2D eigenvalue weighted by Gasteiger charge is 2.27.